The van der Waals surface area contributed by atoms with Crippen LogP contribution in [0, 0.1) is 0 Å². The lowest BCUT2D eigenvalue weighted by Gasteiger charge is -2.43. The molecule has 0 bridgehead atoms. The zero-order valence-corrected chi connectivity index (χ0v) is 32.8. The van der Waals surface area contributed by atoms with Gasteiger partial charge in [-0.1, -0.05) is 0 Å². The molecule has 0 radical (unpaired) electrons. The van der Waals surface area contributed by atoms with Crippen molar-refractivity contribution in [2.75, 3.05) is 13.2 Å². The number of aromatic amines is 1. The summed E-state index contributed by atoms with van der Waals surface area (Å²) in [5.41, 5.74) is 3.09. The number of carbonyl (C=O) groups is 5. The molecule has 59 heavy (non-hydrogen) atoms. The van der Waals surface area contributed by atoms with E-state index in [0.717, 1.165) is 26.1 Å². The molecule has 2 fully saturated rings. The summed E-state index contributed by atoms with van der Waals surface area (Å²) in [5.74, 6) is -5.13. The fraction of sp³-hybridized carbons (Fsp3) is 0.679. The average molecular weight is 898 g/mol. The van der Waals surface area contributed by atoms with Crippen LogP contribution < -0.4 is 27.6 Å². The number of esters is 1. The number of aliphatic hydroxyl groups excluding tert-OH is 4. The van der Waals surface area contributed by atoms with E-state index >= 15 is 0 Å². The number of phosphoric acid groups is 2. The summed E-state index contributed by atoms with van der Waals surface area (Å²) in [5, 5.41) is 62.1. The van der Waals surface area contributed by atoms with Gasteiger partial charge in [-0.25, -0.2) is 18.7 Å². The minimum absolute atomic E-state index is 0.0231. The van der Waals surface area contributed by atoms with Crippen molar-refractivity contribution in [1.29, 1.82) is 0 Å². The maximum absolute atomic E-state index is 13.0. The minimum atomic E-state index is -5.54. The number of hydrogen-bond acceptors (Lipinski definition) is 20. The Morgan fingerprint density at radius 3 is 2.15 bits per heavy atom. The van der Waals surface area contributed by atoms with Gasteiger partial charge >= 0.3 is 39.2 Å². The Balaban J connectivity index is 0.00000106. The number of hydrogen-bond donors (Lipinski definition) is 13. The zero-order chi connectivity index (χ0) is 45.2. The first-order valence-electron chi connectivity index (χ1n) is 16.8. The van der Waals surface area contributed by atoms with Crippen LogP contribution in [0.5, 0.6) is 0 Å². The maximum Gasteiger partial charge on any atom is 0.481 e. The number of nitrogens with one attached hydrogen (secondary N) is 3. The van der Waals surface area contributed by atoms with Gasteiger partial charge in [-0.2, -0.15) is 4.31 Å². The van der Waals surface area contributed by atoms with Crippen molar-refractivity contribution in [2.24, 2.45) is 5.73 Å². The van der Waals surface area contributed by atoms with Crippen molar-refractivity contribution in [2.45, 2.75) is 107 Å². The molecule has 13 atom stereocenters. The number of aromatic nitrogens is 2. The molecule has 0 spiro atoms. The van der Waals surface area contributed by atoms with Crippen molar-refractivity contribution in [3.8, 4) is 0 Å². The molecule has 0 saturated carbocycles. The lowest BCUT2D eigenvalue weighted by molar-refractivity contribution is -0.266. The van der Waals surface area contributed by atoms with Gasteiger partial charge in [0.2, 0.25) is 11.8 Å². The molecule has 2 aliphatic heterocycles. The number of carboxylic acid groups (broad SMARTS) is 2. The van der Waals surface area contributed by atoms with Crippen molar-refractivity contribution in [3.05, 3.63) is 33.1 Å². The molecule has 0 aromatic carbocycles. The molecule has 2 amide bonds. The number of nitrogens with two attached hydrogens (primary N) is 1. The second kappa shape index (κ2) is 22.0. The third-order valence-corrected chi connectivity index (χ3v) is 10.1. The summed E-state index contributed by atoms with van der Waals surface area (Å²) in [6.45, 7) is 1.51. The van der Waals surface area contributed by atoms with E-state index in [2.05, 4.69) is 19.5 Å². The highest BCUT2D eigenvalue weighted by atomic mass is 31.3. The maximum atomic E-state index is 13.0. The third kappa shape index (κ3) is 15.8. The first kappa shape index (κ1) is 51.1. The second-order valence-electron chi connectivity index (χ2n) is 12.6. The molecular formula is C28H45N5O24P2. The molecule has 336 valence electrons. The lowest BCUT2D eigenvalue weighted by atomic mass is 9.96. The molecule has 29 nitrogen and oxygen atoms in total. The summed E-state index contributed by atoms with van der Waals surface area (Å²) < 4.78 is 53.3. The van der Waals surface area contributed by atoms with Crippen molar-refractivity contribution >= 4 is 45.4 Å². The number of nitrogens with zero attached hydrogens (tertiary/aromatic N) is 1. The molecular weight excluding hydrogens is 852 g/mol. The molecule has 3 heterocycles. The smallest absolute Gasteiger partial charge is 0.481 e. The summed E-state index contributed by atoms with van der Waals surface area (Å²) in [4.78, 5) is 110. The number of aliphatic carboxylic acids is 2. The second-order valence-corrected chi connectivity index (χ2v) is 15.5. The average Bonchev–Trinajstić information content (AvgIpc) is 3.41. The first-order valence-corrected chi connectivity index (χ1v) is 19.9. The molecule has 3 rings (SSSR count). The van der Waals surface area contributed by atoms with E-state index in [0.29, 0.717) is 4.57 Å². The summed E-state index contributed by atoms with van der Waals surface area (Å²) >= 11 is 0. The lowest BCUT2D eigenvalue weighted by Crippen LogP contribution is -2.65. The van der Waals surface area contributed by atoms with Gasteiger partial charge < -0.3 is 80.6 Å². The van der Waals surface area contributed by atoms with Crippen LogP contribution in [0.4, 0.5) is 0 Å². The number of amides is 2. The highest BCUT2D eigenvalue weighted by molar-refractivity contribution is 7.60. The zero-order valence-electron chi connectivity index (χ0n) is 31.0. The van der Waals surface area contributed by atoms with Crippen LogP contribution in [0.2, 0.25) is 0 Å². The van der Waals surface area contributed by atoms with E-state index < -0.39 is 143 Å². The van der Waals surface area contributed by atoms with Crippen LogP contribution in [-0.4, -0.2) is 165 Å². The quantitative estimate of drug-likeness (QED) is 0.0482. The van der Waals surface area contributed by atoms with Crippen LogP contribution in [-0.2, 0) is 60.9 Å². The summed E-state index contributed by atoms with van der Waals surface area (Å²) in [6.07, 6.45) is -14.3. The van der Waals surface area contributed by atoms with Gasteiger partial charge in [0.1, 0.15) is 54.7 Å². The number of H-pyrrole nitrogens is 1. The number of aliphatic hydroxyl groups is 4. The standard InChI is InChI=1S/C23H36N4O20P2.C5H9NO4/c1-8(24-19(33)9(2)43-18-14(25-10(3)29)22(35)45-11(6-28)15(18)31)21(34)46-17-12(7-42-49(40,41)47-48(37,38)39)44-20(16(17)32)27-5-4-13(30)26-23(27)36;6-3(5(9)10)1-2-4(7)8/h4-5,8-9,11-12,14-18,20,22,28,31-32,35H,6-7H2,1-3H3,(H,24,33)(H,25,29)(H,40,41)(H,26,30,36)(H2,37,38,39);3H,1-2,6H2,(H,7,8)(H,9,10)/t8-,9?,11+,12+,14+,15+,16+,17+,18+,20+,22-;3-/m01/s1. The van der Waals surface area contributed by atoms with E-state index in [1.807, 2.05) is 4.98 Å². The van der Waals surface area contributed by atoms with Gasteiger partial charge in [0.15, 0.2) is 18.6 Å². The van der Waals surface area contributed by atoms with Crippen LogP contribution in [0.25, 0.3) is 0 Å². The van der Waals surface area contributed by atoms with Crippen LogP contribution in [0.3, 0.4) is 0 Å². The summed E-state index contributed by atoms with van der Waals surface area (Å²) in [6, 6.07) is -3.12. The van der Waals surface area contributed by atoms with E-state index in [1.165, 1.54) is 6.92 Å². The van der Waals surface area contributed by atoms with Crippen molar-refractivity contribution in [1.82, 2.24) is 20.2 Å². The minimum Gasteiger partial charge on any atom is -0.481 e. The fourth-order valence-corrected chi connectivity index (χ4v) is 6.74. The number of phosphoric ester groups is 1. The fourth-order valence-electron chi connectivity index (χ4n) is 5.14. The Bertz CT molecular complexity index is 1860. The molecule has 2 aliphatic rings. The Labute approximate surface area is 330 Å². The Kier molecular flexibility index (Phi) is 19.1. The topological polar surface area (TPSA) is 462 Å². The molecule has 1 aromatic rings. The number of ether oxygens (including phenoxy) is 4. The van der Waals surface area contributed by atoms with Crippen LogP contribution in [0.15, 0.2) is 21.9 Å². The number of carbonyl (C=O) groups excluding carboxylic acids is 3. The monoisotopic (exact) mass is 897 g/mol. The van der Waals surface area contributed by atoms with Gasteiger partial charge in [0, 0.05) is 25.6 Å². The Morgan fingerprint density at radius 2 is 1.63 bits per heavy atom. The Hall–Kier alpha value is -4.03. The van der Waals surface area contributed by atoms with E-state index in [-0.39, 0.29) is 12.8 Å². The van der Waals surface area contributed by atoms with Gasteiger partial charge in [0.25, 0.3) is 5.56 Å². The Morgan fingerprint density at radius 1 is 1.00 bits per heavy atom. The normalized spacial score (nSPS) is 28.1. The van der Waals surface area contributed by atoms with Crippen molar-refractivity contribution in [3.63, 3.8) is 0 Å². The van der Waals surface area contributed by atoms with Crippen LogP contribution >= 0.6 is 15.6 Å². The first-order chi connectivity index (χ1) is 27.2. The summed E-state index contributed by atoms with van der Waals surface area (Å²) in [7, 11) is -11.0. The SMILES string of the molecule is CC(=O)N[C@@H]1[C@@H](OC(C)C(=O)N[C@@H](C)C(=O)O[C@H]2[C@@H](O)[C@H](n3ccc(=O)[nH]c3=O)O[C@@H]2COP(=O)(O)OP(=O)(O)O)[C@H](O)[C@@H](CO)O[C@@H]1O.N[C@H](CCC(=O)O)C(=O)O. The molecule has 2 unspecified atom stereocenters. The van der Waals surface area contributed by atoms with E-state index in [4.69, 9.17) is 44.7 Å². The van der Waals surface area contributed by atoms with Gasteiger partial charge in [-0.3, -0.25) is 38.0 Å². The molecule has 0 aliphatic carbocycles. The molecule has 31 heteroatoms. The molecule has 2 saturated heterocycles. The molecule has 1 aromatic heterocycles. The third-order valence-electron chi connectivity index (χ3n) is 7.97. The largest absolute Gasteiger partial charge is 0.481 e. The van der Waals surface area contributed by atoms with Crippen LogP contribution in [0.1, 0.15) is 39.8 Å². The molecule has 14 N–H and O–H groups in total. The van der Waals surface area contributed by atoms with E-state index in [9.17, 15) is 68.0 Å². The van der Waals surface area contributed by atoms with Gasteiger partial charge in [0.05, 0.1) is 13.2 Å². The highest BCUT2D eigenvalue weighted by Gasteiger charge is 2.50. The van der Waals surface area contributed by atoms with Gasteiger partial charge in [-0.05, 0) is 20.3 Å². The van der Waals surface area contributed by atoms with Crippen molar-refractivity contribution < 1.29 is 106 Å². The number of rotatable bonds is 18. The highest BCUT2D eigenvalue weighted by Crippen LogP contribution is 2.57. The number of carboxylic acids is 2. The predicted molar refractivity (Wildman–Crippen MR) is 186 cm³/mol. The van der Waals surface area contributed by atoms with E-state index in [1.54, 1.807) is 0 Å². The predicted octanol–water partition coefficient (Wildman–Crippen LogP) is -5.95. The van der Waals surface area contributed by atoms with Gasteiger partial charge in [-0.15, -0.1) is 0 Å².